The number of phenols is 1. The molecule has 0 amide bonds. The number of allylic oxidation sites excluding steroid dienone is 1. The third kappa shape index (κ3) is 4.38. The summed E-state index contributed by atoms with van der Waals surface area (Å²) in [5, 5.41) is 9.99. The number of phenolic OH excluding ortho intramolecular Hbond substituents is 1. The van der Waals surface area contributed by atoms with Crippen LogP contribution >= 0.6 is 27.3 Å². The van der Waals surface area contributed by atoms with E-state index in [1.54, 1.807) is 32.1 Å². The number of hydrogen-bond acceptors (Lipinski definition) is 7. The van der Waals surface area contributed by atoms with Gasteiger partial charge in [0, 0.05) is 10.2 Å². The average Bonchev–Trinajstić information content (AvgIpc) is 3.11. The summed E-state index contributed by atoms with van der Waals surface area (Å²) in [4.78, 5) is 31.4. The lowest BCUT2D eigenvalue weighted by atomic mass is 9.96. The number of nitrogens with zero attached hydrogens (tertiary/aromatic N) is 2. The molecule has 1 N–H and O–H groups in total. The third-order valence-electron chi connectivity index (χ3n) is 5.23. The first-order valence-corrected chi connectivity index (χ1v) is 11.8. The molecule has 1 aliphatic heterocycles. The van der Waals surface area contributed by atoms with Gasteiger partial charge in [0.25, 0.3) is 5.56 Å². The van der Waals surface area contributed by atoms with Crippen LogP contribution in [0.3, 0.4) is 0 Å². The van der Waals surface area contributed by atoms with Crippen LogP contribution < -0.4 is 19.6 Å². The van der Waals surface area contributed by atoms with E-state index in [0.29, 0.717) is 20.6 Å². The van der Waals surface area contributed by atoms with E-state index in [1.165, 1.54) is 29.1 Å². The van der Waals surface area contributed by atoms with Crippen LogP contribution in [0.4, 0.5) is 0 Å². The van der Waals surface area contributed by atoms with Gasteiger partial charge in [-0.3, -0.25) is 9.36 Å². The van der Waals surface area contributed by atoms with Crippen LogP contribution in [-0.4, -0.2) is 29.4 Å². The number of aromatic nitrogens is 1. The Kier molecular flexibility index (Phi) is 6.53. The summed E-state index contributed by atoms with van der Waals surface area (Å²) >= 11 is 4.66. The topological polar surface area (TPSA) is 90.1 Å². The van der Waals surface area contributed by atoms with Crippen LogP contribution in [0.2, 0.25) is 0 Å². The molecule has 1 aromatic heterocycles. The Hall–Kier alpha value is -3.17. The summed E-state index contributed by atoms with van der Waals surface area (Å²) in [5.41, 5.74) is 2.00. The molecule has 0 spiro atoms. The Morgan fingerprint density at radius 1 is 1.27 bits per heavy atom. The number of benzene rings is 2. The van der Waals surface area contributed by atoms with E-state index >= 15 is 0 Å². The fraction of sp³-hybridized carbons (Fsp3) is 0.208. The van der Waals surface area contributed by atoms with Gasteiger partial charge in [0.05, 0.1) is 23.8 Å². The number of fused-ring (bicyclic) bond motifs is 1. The number of methoxy groups -OCH3 is 1. The maximum Gasteiger partial charge on any atom is 0.338 e. The predicted octanol–water partition coefficient (Wildman–Crippen LogP) is 3.38. The molecule has 2 heterocycles. The molecular formula is C24H21BrN2O5S. The molecule has 0 aliphatic carbocycles. The van der Waals surface area contributed by atoms with Gasteiger partial charge < -0.3 is 14.6 Å². The van der Waals surface area contributed by atoms with Crippen LogP contribution in [0, 0.1) is 0 Å². The van der Waals surface area contributed by atoms with Crippen LogP contribution in [0.15, 0.2) is 62.3 Å². The van der Waals surface area contributed by atoms with E-state index in [1.807, 2.05) is 24.3 Å². The number of esters is 1. The van der Waals surface area contributed by atoms with E-state index in [4.69, 9.17) is 14.5 Å². The molecule has 33 heavy (non-hydrogen) atoms. The summed E-state index contributed by atoms with van der Waals surface area (Å²) in [7, 11) is 1.45. The van der Waals surface area contributed by atoms with Crippen molar-refractivity contribution < 1.29 is 19.4 Å². The van der Waals surface area contributed by atoms with Crippen molar-refractivity contribution in [3.63, 3.8) is 0 Å². The van der Waals surface area contributed by atoms with E-state index < -0.39 is 12.0 Å². The van der Waals surface area contributed by atoms with Gasteiger partial charge in [0.2, 0.25) is 0 Å². The number of aromatic hydroxyl groups is 1. The summed E-state index contributed by atoms with van der Waals surface area (Å²) < 4.78 is 13.4. The first kappa shape index (κ1) is 23.0. The summed E-state index contributed by atoms with van der Waals surface area (Å²) in [6.07, 6.45) is 1.80. The van der Waals surface area contributed by atoms with Gasteiger partial charge in [-0.25, -0.2) is 9.79 Å². The van der Waals surface area contributed by atoms with Crippen molar-refractivity contribution in [1.29, 1.82) is 0 Å². The maximum atomic E-state index is 13.2. The molecule has 0 fully saturated rings. The molecule has 0 unspecified atom stereocenters. The molecule has 9 heteroatoms. The Morgan fingerprint density at radius 2 is 2.00 bits per heavy atom. The molecule has 2 aromatic carbocycles. The zero-order valence-electron chi connectivity index (χ0n) is 18.2. The van der Waals surface area contributed by atoms with Crippen molar-refractivity contribution in [3.8, 4) is 11.5 Å². The highest BCUT2D eigenvalue weighted by atomic mass is 79.9. The number of hydrogen-bond donors (Lipinski definition) is 1. The number of ether oxygens (including phenoxy) is 2. The molecule has 0 radical (unpaired) electrons. The van der Waals surface area contributed by atoms with Crippen LogP contribution in [0.5, 0.6) is 11.5 Å². The van der Waals surface area contributed by atoms with Gasteiger partial charge in [0.1, 0.15) is 6.04 Å². The van der Waals surface area contributed by atoms with Crippen molar-refractivity contribution in [2.45, 2.75) is 19.9 Å². The number of thiazole rings is 1. The Balaban J connectivity index is 1.94. The molecule has 0 bridgehead atoms. The number of carbonyl (C=O) groups is 1. The molecule has 1 atom stereocenters. The molecule has 4 rings (SSSR count). The lowest BCUT2D eigenvalue weighted by molar-refractivity contribution is -0.138. The lowest BCUT2D eigenvalue weighted by Crippen LogP contribution is -2.35. The lowest BCUT2D eigenvalue weighted by Gasteiger charge is -2.22. The fourth-order valence-corrected chi connectivity index (χ4v) is 4.94. The predicted molar refractivity (Wildman–Crippen MR) is 130 cm³/mol. The number of halogens is 1. The van der Waals surface area contributed by atoms with E-state index in [0.717, 1.165) is 10.0 Å². The van der Waals surface area contributed by atoms with Gasteiger partial charge in [-0.1, -0.05) is 45.5 Å². The highest BCUT2D eigenvalue weighted by Crippen LogP contribution is 2.36. The van der Waals surface area contributed by atoms with Crippen molar-refractivity contribution in [2.24, 2.45) is 4.99 Å². The van der Waals surface area contributed by atoms with E-state index in [-0.39, 0.29) is 29.2 Å². The minimum absolute atomic E-state index is 0.0186. The SMILES string of the molecule is CCOC(=O)C1=C(C)n2c(s/c(=C\c3ccc(Br)cc3)c2=O)=N[C@@H]1c1ccc(O)c(OC)c1. The van der Waals surface area contributed by atoms with Gasteiger partial charge >= 0.3 is 5.97 Å². The largest absolute Gasteiger partial charge is 0.504 e. The van der Waals surface area contributed by atoms with Gasteiger partial charge in [-0.05, 0) is 55.3 Å². The van der Waals surface area contributed by atoms with Gasteiger partial charge in [-0.15, -0.1) is 0 Å². The Labute approximate surface area is 202 Å². The summed E-state index contributed by atoms with van der Waals surface area (Å²) in [6, 6.07) is 11.7. The smallest absolute Gasteiger partial charge is 0.338 e. The zero-order chi connectivity index (χ0) is 23.7. The monoisotopic (exact) mass is 528 g/mol. The zero-order valence-corrected chi connectivity index (χ0v) is 20.6. The quantitative estimate of drug-likeness (QED) is 0.512. The Morgan fingerprint density at radius 3 is 2.67 bits per heavy atom. The molecule has 0 saturated heterocycles. The second-order valence-electron chi connectivity index (χ2n) is 7.27. The highest BCUT2D eigenvalue weighted by molar-refractivity contribution is 9.10. The normalized spacial score (nSPS) is 15.8. The molecule has 7 nitrogen and oxygen atoms in total. The molecule has 170 valence electrons. The molecule has 1 aliphatic rings. The first-order chi connectivity index (χ1) is 15.8. The second-order valence-corrected chi connectivity index (χ2v) is 9.19. The number of carbonyl (C=O) groups excluding carboxylic acids is 1. The summed E-state index contributed by atoms with van der Waals surface area (Å²) in [6.45, 7) is 3.63. The van der Waals surface area contributed by atoms with Crippen molar-refractivity contribution >= 4 is 45.0 Å². The van der Waals surface area contributed by atoms with Gasteiger partial charge in [0.15, 0.2) is 16.3 Å². The standard InChI is InChI=1S/C24H21BrN2O5S/c1-4-32-23(30)20-13(2)27-22(29)19(11-14-5-8-16(25)9-6-14)33-24(27)26-21(20)15-7-10-17(28)18(12-15)31-3/h5-12,21,28H,4H2,1-3H3/b19-11-/t21-/m1/s1. The third-order valence-corrected chi connectivity index (χ3v) is 6.74. The molecular weight excluding hydrogens is 508 g/mol. The number of rotatable bonds is 5. The first-order valence-electron chi connectivity index (χ1n) is 10.2. The average molecular weight is 529 g/mol. The Bertz CT molecular complexity index is 1440. The van der Waals surface area contributed by atoms with Crippen molar-refractivity contribution in [2.75, 3.05) is 13.7 Å². The van der Waals surface area contributed by atoms with Crippen molar-refractivity contribution in [1.82, 2.24) is 4.57 Å². The molecule has 3 aromatic rings. The summed E-state index contributed by atoms with van der Waals surface area (Å²) in [5.74, 6) is -0.296. The van der Waals surface area contributed by atoms with Crippen LogP contribution in [0.1, 0.15) is 31.0 Å². The fourth-order valence-electron chi connectivity index (χ4n) is 3.63. The van der Waals surface area contributed by atoms with Crippen LogP contribution in [-0.2, 0) is 9.53 Å². The second kappa shape index (κ2) is 9.36. The van der Waals surface area contributed by atoms with E-state index in [9.17, 15) is 14.7 Å². The van der Waals surface area contributed by atoms with E-state index in [2.05, 4.69) is 15.9 Å². The van der Waals surface area contributed by atoms with Crippen LogP contribution in [0.25, 0.3) is 11.8 Å². The van der Waals surface area contributed by atoms with Gasteiger partial charge in [-0.2, -0.15) is 0 Å². The maximum absolute atomic E-state index is 13.2. The minimum Gasteiger partial charge on any atom is -0.504 e. The minimum atomic E-state index is -0.711. The van der Waals surface area contributed by atoms with Crippen molar-refractivity contribution in [3.05, 3.63) is 83.3 Å². The molecule has 0 saturated carbocycles. The highest BCUT2D eigenvalue weighted by Gasteiger charge is 2.31.